The first-order valence-electron chi connectivity index (χ1n) is 9.89. The van der Waals surface area contributed by atoms with E-state index in [1.165, 1.54) is 11.1 Å². The van der Waals surface area contributed by atoms with Gasteiger partial charge in [-0.05, 0) is 54.7 Å². The zero-order valence-electron chi connectivity index (χ0n) is 17.0. The predicted molar refractivity (Wildman–Crippen MR) is 115 cm³/mol. The van der Waals surface area contributed by atoms with Crippen LogP contribution in [0.25, 0.3) is 6.08 Å². The molecule has 0 saturated heterocycles. The second kappa shape index (κ2) is 7.96. The summed E-state index contributed by atoms with van der Waals surface area (Å²) in [6.45, 7) is 6.57. The number of fused-ring (bicyclic) bond motifs is 1. The van der Waals surface area contributed by atoms with Gasteiger partial charge >= 0.3 is 0 Å². The minimum Gasteiger partial charge on any atom is -0.489 e. The van der Waals surface area contributed by atoms with Gasteiger partial charge in [0.25, 0.3) is 0 Å². The molecular formula is C26H24O3. The fourth-order valence-electron chi connectivity index (χ4n) is 3.41. The Balaban J connectivity index is 1.54. The van der Waals surface area contributed by atoms with Gasteiger partial charge in [-0.3, -0.25) is 4.79 Å². The lowest BCUT2D eigenvalue weighted by Crippen LogP contribution is -2.00. The van der Waals surface area contributed by atoms with E-state index in [2.05, 4.69) is 50.2 Å². The van der Waals surface area contributed by atoms with Crippen LogP contribution in [0.4, 0.5) is 0 Å². The lowest BCUT2D eigenvalue weighted by atomic mass is 10.0. The highest BCUT2D eigenvalue weighted by Crippen LogP contribution is 2.37. The minimum absolute atomic E-state index is 0.0813. The molecule has 3 aromatic carbocycles. The van der Waals surface area contributed by atoms with Crippen molar-refractivity contribution in [3.8, 4) is 11.5 Å². The SMILES string of the molecule is CCc1ccc(/C=C2\Oc3cc(OCc4ccc(C)cc4)cc(C)c3C2=O)cc1. The summed E-state index contributed by atoms with van der Waals surface area (Å²) in [4.78, 5) is 12.8. The normalized spacial score (nSPS) is 14.0. The van der Waals surface area contributed by atoms with Gasteiger partial charge in [-0.15, -0.1) is 0 Å². The van der Waals surface area contributed by atoms with E-state index in [0.29, 0.717) is 29.4 Å². The molecule has 1 aliphatic heterocycles. The smallest absolute Gasteiger partial charge is 0.232 e. The Kier molecular flexibility index (Phi) is 5.22. The molecule has 0 N–H and O–H groups in total. The van der Waals surface area contributed by atoms with Gasteiger partial charge in [0.15, 0.2) is 5.76 Å². The Morgan fingerprint density at radius 2 is 1.62 bits per heavy atom. The maximum absolute atomic E-state index is 12.8. The van der Waals surface area contributed by atoms with Crippen molar-refractivity contribution in [2.75, 3.05) is 0 Å². The number of Topliss-reactive ketones (excluding diaryl/α,β-unsaturated/α-hetero) is 1. The number of allylic oxidation sites excluding steroid dienone is 1. The molecule has 3 nitrogen and oxygen atoms in total. The van der Waals surface area contributed by atoms with Gasteiger partial charge in [-0.1, -0.05) is 61.0 Å². The zero-order valence-corrected chi connectivity index (χ0v) is 17.0. The molecule has 0 amide bonds. The van der Waals surface area contributed by atoms with E-state index in [4.69, 9.17) is 9.47 Å². The van der Waals surface area contributed by atoms with Gasteiger partial charge in [0.05, 0.1) is 5.56 Å². The number of benzene rings is 3. The molecule has 1 aliphatic rings. The lowest BCUT2D eigenvalue weighted by Gasteiger charge is -2.09. The van der Waals surface area contributed by atoms with Gasteiger partial charge < -0.3 is 9.47 Å². The molecule has 0 fully saturated rings. The lowest BCUT2D eigenvalue weighted by molar-refractivity contribution is 0.101. The topological polar surface area (TPSA) is 35.5 Å². The number of ether oxygens (including phenoxy) is 2. The summed E-state index contributed by atoms with van der Waals surface area (Å²) in [5.74, 6) is 1.53. The third-order valence-electron chi connectivity index (χ3n) is 5.16. The van der Waals surface area contributed by atoms with Crippen molar-refractivity contribution in [1.29, 1.82) is 0 Å². The van der Waals surface area contributed by atoms with E-state index in [0.717, 1.165) is 23.1 Å². The van der Waals surface area contributed by atoms with Crippen LogP contribution in [0.3, 0.4) is 0 Å². The van der Waals surface area contributed by atoms with Crippen LogP contribution in [0, 0.1) is 13.8 Å². The molecule has 0 atom stereocenters. The van der Waals surface area contributed by atoms with E-state index < -0.39 is 0 Å². The van der Waals surface area contributed by atoms with E-state index in [1.54, 1.807) is 12.1 Å². The van der Waals surface area contributed by atoms with Crippen LogP contribution in [0.15, 0.2) is 66.4 Å². The number of ketones is 1. The minimum atomic E-state index is -0.0813. The van der Waals surface area contributed by atoms with Crippen LogP contribution >= 0.6 is 0 Å². The average Bonchev–Trinajstić information content (AvgIpc) is 3.04. The fourth-order valence-corrected chi connectivity index (χ4v) is 3.41. The van der Waals surface area contributed by atoms with Crippen LogP contribution in [-0.4, -0.2) is 5.78 Å². The molecule has 146 valence electrons. The molecule has 29 heavy (non-hydrogen) atoms. The predicted octanol–water partition coefficient (Wildman–Crippen LogP) is 6.06. The zero-order chi connectivity index (χ0) is 20.4. The summed E-state index contributed by atoms with van der Waals surface area (Å²) in [6.07, 6.45) is 2.79. The molecule has 4 rings (SSSR count). The summed E-state index contributed by atoms with van der Waals surface area (Å²) < 4.78 is 11.8. The quantitative estimate of drug-likeness (QED) is 0.502. The van der Waals surface area contributed by atoms with E-state index >= 15 is 0 Å². The van der Waals surface area contributed by atoms with E-state index in [9.17, 15) is 4.79 Å². The molecule has 0 radical (unpaired) electrons. The molecular weight excluding hydrogens is 360 g/mol. The largest absolute Gasteiger partial charge is 0.489 e. The highest BCUT2D eigenvalue weighted by Gasteiger charge is 2.30. The van der Waals surface area contributed by atoms with Crippen molar-refractivity contribution in [2.24, 2.45) is 0 Å². The van der Waals surface area contributed by atoms with Crippen molar-refractivity contribution in [2.45, 2.75) is 33.8 Å². The molecule has 3 aromatic rings. The Morgan fingerprint density at radius 3 is 2.31 bits per heavy atom. The van der Waals surface area contributed by atoms with Gasteiger partial charge in [0.2, 0.25) is 5.78 Å². The van der Waals surface area contributed by atoms with Crippen LogP contribution in [0.1, 0.15) is 45.1 Å². The molecule has 0 aliphatic carbocycles. The summed E-state index contributed by atoms with van der Waals surface area (Å²) in [7, 11) is 0. The number of rotatable bonds is 5. The van der Waals surface area contributed by atoms with Crippen LogP contribution < -0.4 is 9.47 Å². The Bertz CT molecular complexity index is 1070. The second-order valence-electron chi connectivity index (χ2n) is 7.42. The first kappa shape index (κ1) is 19.0. The van der Waals surface area contributed by atoms with Gasteiger partial charge in [0, 0.05) is 6.07 Å². The second-order valence-corrected chi connectivity index (χ2v) is 7.42. The Labute approximate surface area is 171 Å². The summed E-state index contributed by atoms with van der Waals surface area (Å²) in [5.41, 5.74) is 6.01. The summed E-state index contributed by atoms with van der Waals surface area (Å²) in [5, 5.41) is 0. The van der Waals surface area contributed by atoms with Crippen molar-refractivity contribution in [3.05, 3.63) is 99.8 Å². The van der Waals surface area contributed by atoms with Crippen molar-refractivity contribution in [3.63, 3.8) is 0 Å². The number of carbonyl (C=O) groups excluding carboxylic acids is 1. The number of aryl methyl sites for hydroxylation is 3. The molecule has 0 aromatic heterocycles. The average molecular weight is 384 g/mol. The molecule has 3 heteroatoms. The molecule has 0 unspecified atom stereocenters. The Morgan fingerprint density at radius 1 is 0.931 bits per heavy atom. The van der Waals surface area contributed by atoms with E-state index in [1.807, 2.05) is 25.1 Å². The summed E-state index contributed by atoms with van der Waals surface area (Å²) in [6, 6.07) is 20.1. The molecule has 0 bridgehead atoms. The first-order chi connectivity index (χ1) is 14.0. The van der Waals surface area contributed by atoms with Crippen LogP contribution in [-0.2, 0) is 13.0 Å². The van der Waals surface area contributed by atoms with E-state index in [-0.39, 0.29) is 5.78 Å². The molecule has 1 heterocycles. The standard InChI is InChI=1S/C26H24O3/c1-4-19-9-11-20(12-10-19)14-24-26(27)25-18(3)13-22(15-23(25)29-24)28-16-21-7-5-17(2)6-8-21/h5-15H,4,16H2,1-3H3/b24-14-. The maximum atomic E-state index is 12.8. The van der Waals surface area contributed by atoms with Gasteiger partial charge in [0.1, 0.15) is 18.1 Å². The van der Waals surface area contributed by atoms with Gasteiger partial charge in [-0.25, -0.2) is 0 Å². The van der Waals surface area contributed by atoms with Crippen molar-refractivity contribution >= 4 is 11.9 Å². The van der Waals surface area contributed by atoms with Gasteiger partial charge in [-0.2, -0.15) is 0 Å². The highest BCUT2D eigenvalue weighted by atomic mass is 16.5. The third-order valence-corrected chi connectivity index (χ3v) is 5.16. The number of carbonyl (C=O) groups is 1. The highest BCUT2D eigenvalue weighted by molar-refractivity contribution is 6.15. The molecule has 0 spiro atoms. The Hall–Kier alpha value is -3.33. The monoisotopic (exact) mass is 384 g/mol. The number of hydrogen-bond acceptors (Lipinski definition) is 3. The number of hydrogen-bond donors (Lipinski definition) is 0. The third kappa shape index (κ3) is 4.09. The van der Waals surface area contributed by atoms with Crippen LogP contribution in [0.2, 0.25) is 0 Å². The first-order valence-corrected chi connectivity index (χ1v) is 9.89. The van der Waals surface area contributed by atoms with Crippen molar-refractivity contribution in [1.82, 2.24) is 0 Å². The van der Waals surface area contributed by atoms with Crippen LogP contribution in [0.5, 0.6) is 11.5 Å². The summed E-state index contributed by atoms with van der Waals surface area (Å²) >= 11 is 0. The maximum Gasteiger partial charge on any atom is 0.232 e. The fraction of sp³-hybridized carbons (Fsp3) is 0.192. The molecule has 0 saturated carbocycles. The van der Waals surface area contributed by atoms with Crippen molar-refractivity contribution < 1.29 is 14.3 Å².